The fraction of sp³-hybridized carbons (Fsp3) is 0. The summed E-state index contributed by atoms with van der Waals surface area (Å²) in [6, 6.07) is 4.95. The summed E-state index contributed by atoms with van der Waals surface area (Å²) in [5.74, 6) is 0. The second kappa shape index (κ2) is 2.86. The van der Waals surface area contributed by atoms with Crippen LogP contribution in [0.5, 0.6) is 0 Å². The van der Waals surface area contributed by atoms with E-state index in [9.17, 15) is 9.59 Å². The van der Waals surface area contributed by atoms with Crippen molar-refractivity contribution in [1.82, 2.24) is 0 Å². The zero-order chi connectivity index (χ0) is 9.26. The minimum atomic E-state index is 0.471. The highest BCUT2D eigenvalue weighted by atomic mass is 16.3. The number of rotatable bonds is 2. The first-order chi connectivity index (χ1) is 6.35. The molecule has 0 aliphatic carbocycles. The lowest BCUT2D eigenvalue weighted by molar-refractivity contribution is 0.111. The summed E-state index contributed by atoms with van der Waals surface area (Å²) in [5.41, 5.74) is 1.63. The number of fused-ring (bicyclic) bond motifs is 1. The van der Waals surface area contributed by atoms with Crippen LogP contribution in [0, 0.1) is 0 Å². The summed E-state index contributed by atoms with van der Waals surface area (Å²) in [7, 11) is 0. The highest BCUT2D eigenvalue weighted by Crippen LogP contribution is 2.20. The minimum absolute atomic E-state index is 0.471. The summed E-state index contributed by atoms with van der Waals surface area (Å²) < 4.78 is 5.09. The number of carbonyl (C=O) groups excluding carboxylic acids is 2. The Morgan fingerprint density at radius 2 is 2.00 bits per heavy atom. The topological polar surface area (TPSA) is 47.3 Å². The molecule has 1 aromatic heterocycles. The van der Waals surface area contributed by atoms with E-state index in [0.717, 1.165) is 6.29 Å². The Labute approximate surface area is 74.0 Å². The van der Waals surface area contributed by atoms with Crippen LogP contribution >= 0.6 is 0 Å². The molecule has 13 heavy (non-hydrogen) atoms. The molecule has 1 aromatic carbocycles. The van der Waals surface area contributed by atoms with Crippen molar-refractivity contribution in [2.75, 3.05) is 0 Å². The number of furan rings is 1. The molecule has 64 valence electrons. The van der Waals surface area contributed by atoms with Crippen LogP contribution in [0.3, 0.4) is 0 Å². The molecule has 0 unspecified atom stereocenters. The lowest BCUT2D eigenvalue weighted by atomic mass is 10.1. The Hall–Kier alpha value is -1.90. The Morgan fingerprint density at radius 1 is 1.15 bits per heavy atom. The largest absolute Gasteiger partial charge is 0.464 e. The van der Waals surface area contributed by atoms with Crippen LogP contribution in [0.2, 0.25) is 0 Å². The van der Waals surface area contributed by atoms with Crippen LogP contribution in [0.25, 0.3) is 11.0 Å². The van der Waals surface area contributed by atoms with Crippen LogP contribution in [-0.2, 0) is 0 Å². The number of carbonyl (C=O) groups is 2. The number of hydrogen-bond donors (Lipinski definition) is 0. The van der Waals surface area contributed by atoms with Gasteiger partial charge in [-0.15, -0.1) is 0 Å². The molecule has 3 heteroatoms. The quantitative estimate of drug-likeness (QED) is 0.654. The zero-order valence-electron chi connectivity index (χ0n) is 6.69. The Bertz CT molecular complexity index is 468. The molecule has 0 spiro atoms. The Balaban J connectivity index is 2.78. The summed E-state index contributed by atoms with van der Waals surface area (Å²) in [4.78, 5) is 21.0. The molecule has 0 bridgehead atoms. The number of benzene rings is 1. The van der Waals surface area contributed by atoms with E-state index in [1.165, 1.54) is 6.26 Å². The van der Waals surface area contributed by atoms with Crippen LogP contribution in [0.1, 0.15) is 20.7 Å². The van der Waals surface area contributed by atoms with Crippen molar-refractivity contribution in [3.63, 3.8) is 0 Å². The van der Waals surface area contributed by atoms with Crippen molar-refractivity contribution >= 4 is 23.5 Å². The zero-order valence-corrected chi connectivity index (χ0v) is 6.69. The van der Waals surface area contributed by atoms with Crippen LogP contribution in [0.15, 0.2) is 28.9 Å². The van der Waals surface area contributed by atoms with Gasteiger partial charge in [0.2, 0.25) is 0 Å². The van der Waals surface area contributed by atoms with Gasteiger partial charge in [0, 0.05) is 10.9 Å². The van der Waals surface area contributed by atoms with Gasteiger partial charge in [-0.1, -0.05) is 0 Å². The van der Waals surface area contributed by atoms with E-state index >= 15 is 0 Å². The van der Waals surface area contributed by atoms with Gasteiger partial charge in [0.05, 0.1) is 5.56 Å². The molecule has 2 aromatic rings. The van der Waals surface area contributed by atoms with E-state index in [0.29, 0.717) is 28.4 Å². The lowest BCUT2D eigenvalue weighted by Gasteiger charge is -1.90. The fourth-order valence-corrected chi connectivity index (χ4v) is 1.23. The average Bonchev–Trinajstić information content (AvgIpc) is 2.59. The molecule has 0 amide bonds. The second-order valence-electron chi connectivity index (χ2n) is 2.68. The molecule has 3 nitrogen and oxygen atoms in total. The second-order valence-corrected chi connectivity index (χ2v) is 2.68. The number of hydrogen-bond acceptors (Lipinski definition) is 3. The highest BCUT2D eigenvalue weighted by Gasteiger charge is 2.04. The van der Waals surface area contributed by atoms with Crippen molar-refractivity contribution in [2.45, 2.75) is 0 Å². The molecule has 1 heterocycles. The molecule has 0 N–H and O–H groups in total. The Kier molecular flexibility index (Phi) is 1.70. The maximum atomic E-state index is 10.5. The van der Waals surface area contributed by atoms with Gasteiger partial charge in [0.1, 0.15) is 18.1 Å². The van der Waals surface area contributed by atoms with E-state index in [1.807, 2.05) is 0 Å². The first kappa shape index (κ1) is 7.73. The van der Waals surface area contributed by atoms with E-state index < -0.39 is 0 Å². The van der Waals surface area contributed by atoms with E-state index in [-0.39, 0.29) is 0 Å². The molecule has 0 aliphatic heterocycles. The van der Waals surface area contributed by atoms with Crippen molar-refractivity contribution in [2.24, 2.45) is 0 Å². The molecule has 0 atom stereocenters. The van der Waals surface area contributed by atoms with Gasteiger partial charge in [0.15, 0.2) is 6.29 Å². The maximum absolute atomic E-state index is 10.5. The van der Waals surface area contributed by atoms with Crippen molar-refractivity contribution < 1.29 is 14.0 Å². The smallest absolute Gasteiger partial charge is 0.153 e. The van der Waals surface area contributed by atoms with Crippen molar-refractivity contribution in [1.29, 1.82) is 0 Å². The van der Waals surface area contributed by atoms with Crippen LogP contribution in [-0.4, -0.2) is 12.6 Å². The molecule has 0 radical (unpaired) electrons. The highest BCUT2D eigenvalue weighted by molar-refractivity contribution is 5.98. The fourth-order valence-electron chi connectivity index (χ4n) is 1.23. The van der Waals surface area contributed by atoms with E-state index in [1.54, 1.807) is 18.2 Å². The molecular formula is C10H6O3. The van der Waals surface area contributed by atoms with Gasteiger partial charge in [-0.05, 0) is 18.2 Å². The SMILES string of the molecule is O=Cc1ccc2occ(C=O)c2c1. The van der Waals surface area contributed by atoms with Crippen molar-refractivity contribution in [3.05, 3.63) is 35.6 Å². The predicted octanol–water partition coefficient (Wildman–Crippen LogP) is 2.06. The molecule has 0 fully saturated rings. The maximum Gasteiger partial charge on any atom is 0.153 e. The van der Waals surface area contributed by atoms with Gasteiger partial charge in [-0.25, -0.2) is 0 Å². The van der Waals surface area contributed by atoms with E-state index in [4.69, 9.17) is 4.42 Å². The molecular weight excluding hydrogens is 168 g/mol. The normalized spacial score (nSPS) is 10.2. The summed E-state index contributed by atoms with van der Waals surface area (Å²) in [6.07, 6.45) is 2.83. The molecule has 2 rings (SSSR count). The van der Waals surface area contributed by atoms with Crippen LogP contribution < -0.4 is 0 Å². The molecule has 0 saturated carbocycles. The van der Waals surface area contributed by atoms with E-state index in [2.05, 4.69) is 0 Å². The Morgan fingerprint density at radius 3 is 2.69 bits per heavy atom. The molecule has 0 saturated heterocycles. The minimum Gasteiger partial charge on any atom is -0.464 e. The summed E-state index contributed by atoms with van der Waals surface area (Å²) >= 11 is 0. The molecule has 0 aliphatic rings. The van der Waals surface area contributed by atoms with Crippen molar-refractivity contribution in [3.8, 4) is 0 Å². The standard InChI is InChI=1S/C10H6O3/c11-4-7-1-2-10-9(3-7)8(5-12)6-13-10/h1-6H. The van der Waals surface area contributed by atoms with Gasteiger partial charge < -0.3 is 4.42 Å². The van der Waals surface area contributed by atoms with Gasteiger partial charge in [0.25, 0.3) is 0 Å². The van der Waals surface area contributed by atoms with Gasteiger partial charge >= 0.3 is 0 Å². The third kappa shape index (κ3) is 1.14. The first-order valence-electron chi connectivity index (χ1n) is 3.77. The third-order valence-corrected chi connectivity index (χ3v) is 1.89. The monoisotopic (exact) mass is 174 g/mol. The number of aldehydes is 2. The van der Waals surface area contributed by atoms with Gasteiger partial charge in [-0.2, -0.15) is 0 Å². The van der Waals surface area contributed by atoms with Crippen LogP contribution in [0.4, 0.5) is 0 Å². The first-order valence-corrected chi connectivity index (χ1v) is 3.77. The predicted molar refractivity (Wildman–Crippen MR) is 47.0 cm³/mol. The summed E-state index contributed by atoms with van der Waals surface area (Å²) in [5, 5.41) is 0.680. The average molecular weight is 174 g/mol. The van der Waals surface area contributed by atoms with Gasteiger partial charge in [-0.3, -0.25) is 9.59 Å². The lowest BCUT2D eigenvalue weighted by Crippen LogP contribution is -1.80. The third-order valence-electron chi connectivity index (χ3n) is 1.89. The summed E-state index contributed by atoms with van der Waals surface area (Å²) in [6.45, 7) is 0.